The second-order valence-corrected chi connectivity index (χ2v) is 4.79. The van der Waals surface area contributed by atoms with Gasteiger partial charge in [-0.2, -0.15) is 0 Å². The molecule has 3 heterocycles. The molecular weight excluding hydrogens is 232 g/mol. The number of oxazole rings is 1. The first-order valence-electron chi connectivity index (χ1n) is 6.07. The van der Waals surface area contributed by atoms with Gasteiger partial charge < -0.3 is 14.6 Å². The third-order valence-electron chi connectivity index (χ3n) is 3.28. The first-order valence-corrected chi connectivity index (χ1v) is 6.07. The summed E-state index contributed by atoms with van der Waals surface area (Å²) in [7, 11) is 0. The normalized spacial score (nSPS) is 24.7. The lowest BCUT2D eigenvalue weighted by atomic mass is 10.1. The van der Waals surface area contributed by atoms with Crippen molar-refractivity contribution in [3.05, 3.63) is 24.4 Å². The molecule has 2 atom stereocenters. The molecule has 6 nitrogen and oxygen atoms in total. The molecule has 0 aromatic carbocycles. The zero-order chi connectivity index (χ0) is 12.7. The topological polar surface area (TPSA) is 62.8 Å². The van der Waals surface area contributed by atoms with E-state index in [4.69, 9.17) is 4.42 Å². The van der Waals surface area contributed by atoms with Gasteiger partial charge in [-0.25, -0.2) is 4.98 Å². The number of fused-ring (bicyclic) bond motifs is 1. The second kappa shape index (κ2) is 4.13. The minimum atomic E-state index is 0.0272. The van der Waals surface area contributed by atoms with Crippen LogP contribution in [0.2, 0.25) is 0 Å². The van der Waals surface area contributed by atoms with Gasteiger partial charge in [-0.15, -0.1) is 0 Å². The van der Waals surface area contributed by atoms with Crippen molar-refractivity contribution in [3.8, 4) is 0 Å². The van der Waals surface area contributed by atoms with Gasteiger partial charge in [-0.1, -0.05) is 0 Å². The van der Waals surface area contributed by atoms with Crippen molar-refractivity contribution in [3.63, 3.8) is 0 Å². The van der Waals surface area contributed by atoms with Crippen molar-refractivity contribution < 1.29 is 9.21 Å². The molecule has 1 amide bonds. The fraction of sp³-hybridized carbons (Fsp3) is 0.500. The van der Waals surface area contributed by atoms with Crippen LogP contribution >= 0.6 is 0 Å². The Morgan fingerprint density at radius 2 is 2.39 bits per heavy atom. The number of hydrogen-bond acceptors (Lipinski definition) is 4. The maximum atomic E-state index is 11.5. The van der Waals surface area contributed by atoms with Crippen LogP contribution in [0, 0.1) is 0 Å². The highest BCUT2D eigenvalue weighted by molar-refractivity contribution is 5.73. The second-order valence-electron chi connectivity index (χ2n) is 4.79. The standard InChI is InChI=1S/C12H16N4O2/c1-8-5-16(9(2)17)6-10(14-8)11-7-15-4-3-13-12(15)18-11/h3-4,7-8,10,14H,5-6H2,1-2H3. The van der Waals surface area contributed by atoms with E-state index in [1.807, 2.05) is 21.7 Å². The monoisotopic (exact) mass is 248 g/mol. The Labute approximate surface area is 105 Å². The van der Waals surface area contributed by atoms with Gasteiger partial charge in [0.2, 0.25) is 5.91 Å². The summed E-state index contributed by atoms with van der Waals surface area (Å²) < 4.78 is 7.52. The highest BCUT2D eigenvalue weighted by atomic mass is 16.4. The van der Waals surface area contributed by atoms with Gasteiger partial charge in [-0.05, 0) is 6.92 Å². The molecule has 2 aromatic heterocycles. The van der Waals surface area contributed by atoms with Crippen LogP contribution in [0.1, 0.15) is 25.6 Å². The van der Waals surface area contributed by atoms with E-state index < -0.39 is 0 Å². The largest absolute Gasteiger partial charge is 0.426 e. The maximum Gasteiger partial charge on any atom is 0.305 e. The minimum Gasteiger partial charge on any atom is -0.426 e. The average Bonchev–Trinajstić information content (AvgIpc) is 2.87. The Kier molecular flexibility index (Phi) is 2.59. The van der Waals surface area contributed by atoms with Crippen LogP contribution in [0.4, 0.5) is 0 Å². The first-order chi connectivity index (χ1) is 8.63. The number of amides is 1. The summed E-state index contributed by atoms with van der Waals surface area (Å²) in [5.41, 5.74) is 0. The molecule has 96 valence electrons. The molecule has 0 aliphatic carbocycles. The van der Waals surface area contributed by atoms with E-state index in [0.29, 0.717) is 12.4 Å². The molecule has 2 unspecified atom stereocenters. The third kappa shape index (κ3) is 1.88. The van der Waals surface area contributed by atoms with Gasteiger partial charge in [0.15, 0.2) is 0 Å². The van der Waals surface area contributed by atoms with Crippen LogP contribution in [-0.4, -0.2) is 39.3 Å². The molecular formula is C12H16N4O2. The molecule has 1 aliphatic rings. The number of nitrogens with one attached hydrogen (secondary N) is 1. The van der Waals surface area contributed by atoms with Crippen molar-refractivity contribution in [2.75, 3.05) is 13.1 Å². The summed E-state index contributed by atoms with van der Waals surface area (Å²) in [6.45, 7) is 5.04. The Balaban J connectivity index is 1.86. The number of imidazole rings is 1. The molecule has 1 fully saturated rings. The lowest BCUT2D eigenvalue weighted by Gasteiger charge is -2.36. The van der Waals surface area contributed by atoms with Crippen LogP contribution < -0.4 is 5.32 Å². The number of aromatic nitrogens is 2. The zero-order valence-corrected chi connectivity index (χ0v) is 10.5. The van der Waals surface area contributed by atoms with Crippen molar-refractivity contribution in [1.82, 2.24) is 19.6 Å². The maximum absolute atomic E-state index is 11.5. The molecule has 0 spiro atoms. The Hall–Kier alpha value is -1.82. The van der Waals surface area contributed by atoms with E-state index in [-0.39, 0.29) is 18.0 Å². The molecule has 0 saturated carbocycles. The molecule has 1 aliphatic heterocycles. The highest BCUT2D eigenvalue weighted by Crippen LogP contribution is 2.21. The van der Waals surface area contributed by atoms with Crippen molar-refractivity contribution >= 4 is 11.8 Å². The van der Waals surface area contributed by atoms with Crippen LogP contribution in [0.5, 0.6) is 0 Å². The third-order valence-corrected chi connectivity index (χ3v) is 3.28. The molecule has 6 heteroatoms. The van der Waals surface area contributed by atoms with Gasteiger partial charge in [0.25, 0.3) is 0 Å². The lowest BCUT2D eigenvalue weighted by molar-refractivity contribution is -0.130. The summed E-state index contributed by atoms with van der Waals surface area (Å²) in [5.74, 6) is 1.50. The van der Waals surface area contributed by atoms with Crippen LogP contribution in [0.25, 0.3) is 5.84 Å². The van der Waals surface area contributed by atoms with E-state index in [9.17, 15) is 4.79 Å². The van der Waals surface area contributed by atoms with E-state index in [2.05, 4.69) is 17.2 Å². The minimum absolute atomic E-state index is 0.0272. The molecule has 3 rings (SSSR count). The molecule has 18 heavy (non-hydrogen) atoms. The van der Waals surface area contributed by atoms with Gasteiger partial charge in [0, 0.05) is 38.4 Å². The number of nitrogens with zero attached hydrogens (tertiary/aromatic N) is 3. The van der Waals surface area contributed by atoms with Crippen LogP contribution in [0.15, 0.2) is 23.0 Å². The van der Waals surface area contributed by atoms with Gasteiger partial charge in [-0.3, -0.25) is 9.20 Å². The molecule has 1 saturated heterocycles. The summed E-state index contributed by atoms with van der Waals surface area (Å²) >= 11 is 0. The van der Waals surface area contributed by atoms with Gasteiger partial charge >= 0.3 is 5.84 Å². The number of carbonyl (C=O) groups excluding carboxylic acids is 1. The average molecular weight is 248 g/mol. The number of hydrogen-bond donors (Lipinski definition) is 1. The molecule has 0 radical (unpaired) electrons. The quantitative estimate of drug-likeness (QED) is 0.811. The van der Waals surface area contributed by atoms with E-state index in [0.717, 1.165) is 12.3 Å². The van der Waals surface area contributed by atoms with E-state index in [1.165, 1.54) is 0 Å². The predicted molar refractivity (Wildman–Crippen MR) is 65.1 cm³/mol. The van der Waals surface area contributed by atoms with Crippen molar-refractivity contribution in [2.24, 2.45) is 0 Å². The van der Waals surface area contributed by atoms with Gasteiger partial charge in [0.05, 0.1) is 12.2 Å². The van der Waals surface area contributed by atoms with Crippen molar-refractivity contribution in [2.45, 2.75) is 25.9 Å². The molecule has 0 bridgehead atoms. The highest BCUT2D eigenvalue weighted by Gasteiger charge is 2.28. The predicted octanol–water partition coefficient (Wildman–Crippen LogP) is 0.809. The fourth-order valence-corrected chi connectivity index (χ4v) is 2.41. The number of piperazine rings is 1. The SMILES string of the molecule is CC(=O)N1CC(C)NC(c2cn3ccnc3o2)C1. The lowest BCUT2D eigenvalue weighted by Crippen LogP contribution is -2.52. The van der Waals surface area contributed by atoms with E-state index >= 15 is 0 Å². The van der Waals surface area contributed by atoms with E-state index in [1.54, 1.807) is 13.1 Å². The first kappa shape index (κ1) is 11.3. The number of rotatable bonds is 1. The Morgan fingerprint density at radius 3 is 3.11 bits per heavy atom. The summed E-state index contributed by atoms with van der Waals surface area (Å²) in [4.78, 5) is 17.4. The summed E-state index contributed by atoms with van der Waals surface area (Å²) in [6, 6.07) is 0.282. The van der Waals surface area contributed by atoms with Crippen LogP contribution in [-0.2, 0) is 4.79 Å². The number of carbonyl (C=O) groups is 1. The Morgan fingerprint density at radius 1 is 1.56 bits per heavy atom. The molecule has 2 aromatic rings. The van der Waals surface area contributed by atoms with Gasteiger partial charge in [0.1, 0.15) is 5.76 Å². The zero-order valence-electron chi connectivity index (χ0n) is 10.5. The Bertz CT molecular complexity index is 545. The summed E-state index contributed by atoms with van der Waals surface area (Å²) in [5, 5.41) is 3.44. The fourth-order valence-electron chi connectivity index (χ4n) is 2.41. The smallest absolute Gasteiger partial charge is 0.305 e. The molecule has 1 N–H and O–H groups in total. The summed E-state index contributed by atoms with van der Waals surface area (Å²) in [6.07, 6.45) is 5.45. The van der Waals surface area contributed by atoms with Crippen LogP contribution in [0.3, 0.4) is 0 Å². The van der Waals surface area contributed by atoms with Crippen molar-refractivity contribution in [1.29, 1.82) is 0 Å².